The van der Waals surface area contributed by atoms with Gasteiger partial charge in [-0.25, -0.2) is 8.42 Å². The predicted molar refractivity (Wildman–Crippen MR) is 73.9 cm³/mol. The van der Waals surface area contributed by atoms with Crippen molar-refractivity contribution in [3.63, 3.8) is 0 Å². The number of ether oxygens (including phenoxy) is 1. The second-order valence-corrected chi connectivity index (χ2v) is 6.83. The number of sulfone groups is 1. The topological polar surface area (TPSA) is 108 Å². The molecule has 8 nitrogen and oxygen atoms in total. The third-order valence-electron chi connectivity index (χ3n) is 3.44. The average molecular weight is 325 g/mol. The van der Waals surface area contributed by atoms with E-state index in [1.807, 2.05) is 0 Å². The molecule has 1 aromatic carbocycles. The molecule has 22 heavy (non-hydrogen) atoms. The molecule has 0 bridgehead atoms. The van der Waals surface area contributed by atoms with Gasteiger partial charge >= 0.3 is 10.9 Å². The molecule has 1 saturated heterocycles. The normalized spacial score (nSPS) is 18.5. The first kappa shape index (κ1) is 14.8. The van der Waals surface area contributed by atoms with Crippen molar-refractivity contribution >= 4 is 9.84 Å². The fourth-order valence-electron chi connectivity index (χ4n) is 2.32. The number of nitrogens with one attached hydrogen (secondary N) is 1. The van der Waals surface area contributed by atoms with Gasteiger partial charge in [-0.15, -0.1) is 0 Å². The van der Waals surface area contributed by atoms with Gasteiger partial charge in [0.05, 0.1) is 10.1 Å². The van der Waals surface area contributed by atoms with Gasteiger partial charge in [0.25, 0.3) is 9.84 Å². The van der Waals surface area contributed by atoms with E-state index in [2.05, 4.69) is 15.1 Å². The molecule has 1 fully saturated rings. The molecule has 118 valence electrons. The van der Waals surface area contributed by atoms with Gasteiger partial charge in [0.2, 0.25) is 0 Å². The van der Waals surface area contributed by atoms with E-state index < -0.39 is 14.9 Å². The number of hydrogen-bond acceptors (Lipinski definition) is 7. The lowest BCUT2D eigenvalue weighted by molar-refractivity contribution is -0.832. The molecule has 0 unspecified atom stereocenters. The highest BCUT2D eigenvalue weighted by atomic mass is 32.2. The average Bonchev–Trinajstić information content (AvgIpc) is 3.15. The van der Waals surface area contributed by atoms with E-state index in [9.17, 15) is 13.6 Å². The molecule has 1 aromatic heterocycles. The lowest BCUT2D eigenvalue weighted by Gasteiger charge is -2.08. The van der Waals surface area contributed by atoms with Crippen LogP contribution in [0.25, 0.3) is 0 Å². The Morgan fingerprint density at radius 3 is 2.86 bits per heavy atom. The van der Waals surface area contributed by atoms with Crippen molar-refractivity contribution in [3.05, 3.63) is 35.5 Å². The number of aromatic nitrogens is 2. The summed E-state index contributed by atoms with van der Waals surface area (Å²) in [5.74, 6) is -0.312. The molecular weight excluding hydrogens is 310 g/mol. The van der Waals surface area contributed by atoms with Crippen LogP contribution in [0.1, 0.15) is 12.8 Å². The van der Waals surface area contributed by atoms with Gasteiger partial charge in [-0.3, -0.25) is 4.63 Å². The Morgan fingerprint density at radius 2 is 2.18 bits per heavy atom. The largest absolute Gasteiger partial charge is 0.453 e. The molecular formula is C13H15N3O5S. The van der Waals surface area contributed by atoms with Gasteiger partial charge < -0.3 is 15.3 Å². The van der Waals surface area contributed by atoms with Crippen LogP contribution in [0.15, 0.2) is 44.9 Å². The Kier molecular flexibility index (Phi) is 3.99. The van der Waals surface area contributed by atoms with Crippen LogP contribution in [0.4, 0.5) is 0 Å². The molecule has 0 amide bonds. The highest BCUT2D eigenvalue weighted by molar-refractivity contribution is 7.91. The van der Waals surface area contributed by atoms with Crippen molar-refractivity contribution in [1.29, 1.82) is 0 Å². The van der Waals surface area contributed by atoms with Crippen LogP contribution in [-0.2, 0) is 9.84 Å². The smallest absolute Gasteiger partial charge is 0.415 e. The molecule has 0 saturated carbocycles. The maximum Gasteiger partial charge on any atom is 0.415 e. The summed E-state index contributed by atoms with van der Waals surface area (Å²) in [5.41, 5.74) is 0. The molecule has 1 atom stereocenters. The minimum absolute atomic E-state index is 0.0216. The third-order valence-corrected chi connectivity index (χ3v) is 5.16. The molecule has 1 aliphatic rings. The van der Waals surface area contributed by atoms with Crippen molar-refractivity contribution < 1.29 is 22.7 Å². The minimum Gasteiger partial charge on any atom is -0.453 e. The monoisotopic (exact) mass is 325 g/mol. The van der Waals surface area contributed by atoms with E-state index in [0.29, 0.717) is 0 Å². The fourth-order valence-corrected chi connectivity index (χ4v) is 3.61. The van der Waals surface area contributed by atoms with Crippen LogP contribution in [0.2, 0.25) is 0 Å². The van der Waals surface area contributed by atoms with Gasteiger partial charge in [-0.2, -0.15) is 0 Å². The summed E-state index contributed by atoms with van der Waals surface area (Å²) in [6.07, 6.45) is 1.96. The second-order valence-electron chi connectivity index (χ2n) is 4.96. The summed E-state index contributed by atoms with van der Waals surface area (Å²) in [4.78, 5) is -0.161. The summed E-state index contributed by atoms with van der Waals surface area (Å²) in [7, 11) is -4.05. The van der Waals surface area contributed by atoms with Crippen molar-refractivity contribution in [1.82, 2.24) is 10.5 Å². The number of nitrogens with zero attached hydrogens (tertiary/aromatic N) is 2. The molecule has 1 aliphatic heterocycles. The lowest BCUT2D eigenvalue weighted by atomic mass is 10.2. The quantitative estimate of drug-likeness (QED) is 0.786. The van der Waals surface area contributed by atoms with Crippen LogP contribution in [0.3, 0.4) is 0 Å². The number of rotatable bonds is 5. The lowest BCUT2D eigenvalue weighted by Crippen LogP contribution is -2.32. The van der Waals surface area contributed by atoms with Crippen LogP contribution in [0, 0.1) is 5.21 Å². The SMILES string of the molecule is O=S(=O)(c1ccccc1)c1c(OC[C@H]2CCCN2)no[n+]1[O-]. The van der Waals surface area contributed by atoms with E-state index in [0.717, 1.165) is 19.4 Å². The minimum atomic E-state index is -4.05. The fraction of sp³-hybridized carbons (Fsp3) is 0.385. The Labute approximate surface area is 127 Å². The van der Waals surface area contributed by atoms with E-state index in [4.69, 9.17) is 4.74 Å². The van der Waals surface area contributed by atoms with E-state index >= 15 is 0 Å². The van der Waals surface area contributed by atoms with E-state index in [1.54, 1.807) is 18.2 Å². The van der Waals surface area contributed by atoms with Crippen LogP contribution < -0.4 is 15.0 Å². The van der Waals surface area contributed by atoms with Crippen molar-refractivity contribution in [2.75, 3.05) is 13.2 Å². The maximum absolute atomic E-state index is 12.5. The van der Waals surface area contributed by atoms with Crippen LogP contribution in [-0.4, -0.2) is 32.8 Å². The van der Waals surface area contributed by atoms with Crippen molar-refractivity contribution in [2.45, 2.75) is 28.8 Å². The Bertz CT molecular complexity index is 738. The predicted octanol–water partition coefficient (Wildman–Crippen LogP) is 0.272. The first-order chi connectivity index (χ1) is 10.6. The summed E-state index contributed by atoms with van der Waals surface area (Å²) in [6.45, 7) is 1.12. The Balaban J connectivity index is 1.88. The van der Waals surface area contributed by atoms with Gasteiger partial charge in [0.1, 0.15) is 6.61 Å². The first-order valence-electron chi connectivity index (χ1n) is 6.85. The summed E-state index contributed by atoms with van der Waals surface area (Å²) in [6, 6.07) is 7.72. The molecule has 0 spiro atoms. The standard InChI is InChI=1S/C13H15N3O5S/c17-16-13(22(18,19)11-6-2-1-3-7-11)12(15-21-16)20-9-10-5-4-8-14-10/h1-3,6-7,10,14H,4-5,8-9H2/t10-/m1/s1. The first-order valence-corrected chi connectivity index (χ1v) is 8.33. The summed E-state index contributed by atoms with van der Waals surface area (Å²) >= 11 is 0. The second kappa shape index (κ2) is 5.93. The zero-order valence-electron chi connectivity index (χ0n) is 11.6. The van der Waals surface area contributed by atoms with E-state index in [1.165, 1.54) is 12.1 Å². The summed E-state index contributed by atoms with van der Waals surface area (Å²) in [5, 5.41) is 17.7. The maximum atomic E-state index is 12.5. The molecule has 2 heterocycles. The molecule has 1 N–H and O–H groups in total. The van der Waals surface area contributed by atoms with Crippen molar-refractivity contribution in [3.8, 4) is 5.88 Å². The zero-order chi connectivity index (χ0) is 15.6. The molecule has 2 aromatic rings. The molecule has 3 rings (SSSR count). The highest BCUT2D eigenvalue weighted by Crippen LogP contribution is 2.25. The Morgan fingerprint density at radius 1 is 1.41 bits per heavy atom. The number of benzene rings is 1. The number of hydrogen-bond donors (Lipinski definition) is 1. The molecule has 0 radical (unpaired) electrons. The van der Waals surface area contributed by atoms with Crippen molar-refractivity contribution in [2.24, 2.45) is 0 Å². The third kappa shape index (κ3) is 2.77. The Hall–Kier alpha value is -2.13. The van der Waals surface area contributed by atoms with Gasteiger partial charge in [0, 0.05) is 6.04 Å². The van der Waals surface area contributed by atoms with Gasteiger partial charge in [0.15, 0.2) is 0 Å². The van der Waals surface area contributed by atoms with E-state index in [-0.39, 0.29) is 28.3 Å². The summed E-state index contributed by atoms with van der Waals surface area (Å²) < 4.78 is 34.8. The molecule has 9 heteroatoms. The molecule has 0 aliphatic carbocycles. The van der Waals surface area contributed by atoms with Crippen LogP contribution >= 0.6 is 0 Å². The van der Waals surface area contributed by atoms with Crippen LogP contribution in [0.5, 0.6) is 5.88 Å². The highest BCUT2D eigenvalue weighted by Gasteiger charge is 2.36. The zero-order valence-corrected chi connectivity index (χ0v) is 12.5. The van der Waals surface area contributed by atoms with Gasteiger partial charge in [-0.05, 0) is 36.4 Å². The van der Waals surface area contributed by atoms with Gasteiger partial charge in [-0.1, -0.05) is 18.2 Å².